The van der Waals surface area contributed by atoms with Crippen LogP contribution in [0.25, 0.3) is 5.95 Å². The number of hydrogen-bond donors (Lipinski definition) is 2. The van der Waals surface area contributed by atoms with Crippen LogP contribution in [-0.4, -0.2) is 30.8 Å². The zero-order valence-electron chi connectivity index (χ0n) is 13.9. The van der Waals surface area contributed by atoms with Gasteiger partial charge >= 0.3 is 6.03 Å². The van der Waals surface area contributed by atoms with E-state index in [2.05, 4.69) is 30.7 Å². The Kier molecular flexibility index (Phi) is 4.98. The molecular formula is C16H12F2N8O. The summed E-state index contributed by atoms with van der Waals surface area (Å²) in [4.78, 5) is 24.3. The monoisotopic (exact) mass is 370 g/mol. The Hall–Kier alpha value is -3.94. The van der Waals surface area contributed by atoms with Crippen LogP contribution in [0.15, 0.2) is 36.9 Å². The minimum atomic E-state index is -1.01. The second-order valence-electron chi connectivity index (χ2n) is 5.32. The van der Waals surface area contributed by atoms with E-state index >= 15 is 0 Å². The number of nitrogens with one attached hydrogen (secondary N) is 2. The summed E-state index contributed by atoms with van der Waals surface area (Å²) in [6, 6.07) is 3.24. The van der Waals surface area contributed by atoms with Gasteiger partial charge in [-0.05, 0) is 19.1 Å². The number of anilines is 1. The summed E-state index contributed by atoms with van der Waals surface area (Å²) >= 11 is 0. The van der Waals surface area contributed by atoms with Crippen LogP contribution in [0.4, 0.5) is 19.3 Å². The molecule has 0 aliphatic carbocycles. The van der Waals surface area contributed by atoms with E-state index in [1.54, 1.807) is 19.1 Å². The lowest BCUT2D eigenvalue weighted by atomic mass is 10.2. The molecule has 136 valence electrons. The fourth-order valence-electron chi connectivity index (χ4n) is 2.25. The lowest BCUT2D eigenvalue weighted by molar-refractivity contribution is 0.248. The van der Waals surface area contributed by atoms with Crippen molar-refractivity contribution in [2.45, 2.75) is 13.0 Å². The molecule has 9 nitrogen and oxygen atoms in total. The molecule has 2 amide bonds. The van der Waals surface area contributed by atoms with E-state index in [9.17, 15) is 13.6 Å². The van der Waals surface area contributed by atoms with Gasteiger partial charge in [-0.25, -0.2) is 28.5 Å². The molecule has 2 heterocycles. The van der Waals surface area contributed by atoms with Crippen molar-refractivity contribution in [3.05, 3.63) is 59.9 Å². The number of urea groups is 1. The van der Waals surface area contributed by atoms with Crippen molar-refractivity contribution < 1.29 is 13.6 Å². The fraction of sp³-hybridized carbons (Fsp3) is 0.125. The van der Waals surface area contributed by atoms with E-state index in [0.29, 0.717) is 11.9 Å². The number of benzene rings is 1. The number of halogens is 2. The molecule has 0 fully saturated rings. The first-order valence-corrected chi connectivity index (χ1v) is 7.63. The predicted molar refractivity (Wildman–Crippen MR) is 88.6 cm³/mol. The first kappa shape index (κ1) is 17.9. The number of hydrogen-bond acceptors (Lipinski definition) is 6. The van der Waals surface area contributed by atoms with E-state index in [1.165, 1.54) is 23.4 Å². The van der Waals surface area contributed by atoms with Crippen LogP contribution >= 0.6 is 0 Å². The average Bonchev–Trinajstić information content (AvgIpc) is 3.14. The molecule has 1 aromatic carbocycles. The third-order valence-corrected chi connectivity index (χ3v) is 3.48. The van der Waals surface area contributed by atoms with Gasteiger partial charge in [0.15, 0.2) is 5.82 Å². The van der Waals surface area contributed by atoms with Crippen LogP contribution in [0.2, 0.25) is 0 Å². The molecule has 0 radical (unpaired) electrons. The van der Waals surface area contributed by atoms with Crippen molar-refractivity contribution >= 4 is 11.7 Å². The summed E-state index contributed by atoms with van der Waals surface area (Å²) in [6.45, 7) is 1.63. The van der Waals surface area contributed by atoms with Gasteiger partial charge in [0.05, 0.1) is 17.3 Å². The van der Waals surface area contributed by atoms with Gasteiger partial charge in [0, 0.05) is 18.5 Å². The summed E-state index contributed by atoms with van der Waals surface area (Å²) in [5, 5.41) is 17.6. The van der Waals surface area contributed by atoms with Crippen molar-refractivity contribution in [2.24, 2.45) is 0 Å². The van der Waals surface area contributed by atoms with Gasteiger partial charge in [-0.2, -0.15) is 15.0 Å². The molecule has 2 aromatic heterocycles. The number of rotatable bonds is 4. The standard InChI is InChI=1S/C16H12F2N8O/c1-9(14-22-8-23-26(14)15-20-3-2-4-21-15)24-16(27)25-13-5-10(7-19)11(17)6-12(13)18/h2-6,8-9H,1H3,(H2,24,25,27)/t9-/m0/s1. The fourth-order valence-corrected chi connectivity index (χ4v) is 2.25. The second-order valence-corrected chi connectivity index (χ2v) is 5.32. The van der Waals surface area contributed by atoms with Gasteiger partial charge in [0.2, 0.25) is 0 Å². The molecule has 11 heteroatoms. The van der Waals surface area contributed by atoms with Gasteiger partial charge in [-0.3, -0.25) is 0 Å². The number of carbonyl (C=O) groups excluding carboxylic acids is 1. The number of carbonyl (C=O) groups is 1. The highest BCUT2D eigenvalue weighted by Crippen LogP contribution is 2.19. The molecule has 3 aromatic rings. The average molecular weight is 370 g/mol. The first-order valence-electron chi connectivity index (χ1n) is 7.63. The molecule has 0 aliphatic rings. The number of amides is 2. The van der Waals surface area contributed by atoms with Crippen molar-refractivity contribution in [1.82, 2.24) is 30.0 Å². The van der Waals surface area contributed by atoms with Crippen LogP contribution in [-0.2, 0) is 0 Å². The van der Waals surface area contributed by atoms with Crippen molar-refractivity contribution in [3.8, 4) is 12.0 Å². The van der Waals surface area contributed by atoms with E-state index in [-0.39, 0.29) is 17.2 Å². The largest absolute Gasteiger partial charge is 0.328 e. The molecule has 0 aliphatic heterocycles. The third-order valence-electron chi connectivity index (χ3n) is 3.48. The van der Waals surface area contributed by atoms with Crippen molar-refractivity contribution in [3.63, 3.8) is 0 Å². The van der Waals surface area contributed by atoms with Crippen LogP contribution in [0.5, 0.6) is 0 Å². The Labute approximate surface area is 151 Å². The molecule has 0 bridgehead atoms. The summed E-state index contributed by atoms with van der Waals surface area (Å²) in [5.41, 5.74) is -0.716. The highest BCUT2D eigenvalue weighted by Gasteiger charge is 2.19. The van der Waals surface area contributed by atoms with Crippen molar-refractivity contribution in [1.29, 1.82) is 5.26 Å². The summed E-state index contributed by atoms with van der Waals surface area (Å²) < 4.78 is 28.5. The topological polar surface area (TPSA) is 121 Å². The van der Waals surface area contributed by atoms with Gasteiger partial charge in [-0.15, -0.1) is 0 Å². The molecule has 1 atom stereocenters. The zero-order chi connectivity index (χ0) is 19.4. The Balaban J connectivity index is 1.75. The van der Waals surface area contributed by atoms with Crippen LogP contribution in [0.3, 0.4) is 0 Å². The normalized spacial score (nSPS) is 11.5. The maximum absolute atomic E-state index is 13.8. The van der Waals surface area contributed by atoms with Crippen LogP contribution < -0.4 is 10.6 Å². The Morgan fingerprint density at radius 3 is 2.67 bits per heavy atom. The van der Waals surface area contributed by atoms with Gasteiger partial charge in [-0.1, -0.05) is 0 Å². The third kappa shape index (κ3) is 3.84. The number of aromatic nitrogens is 5. The van der Waals surface area contributed by atoms with Gasteiger partial charge in [0.25, 0.3) is 5.95 Å². The predicted octanol–water partition coefficient (Wildman–Crippen LogP) is 2.09. The highest BCUT2D eigenvalue weighted by atomic mass is 19.1. The Morgan fingerprint density at radius 1 is 1.22 bits per heavy atom. The lowest BCUT2D eigenvalue weighted by Gasteiger charge is -2.15. The van der Waals surface area contributed by atoms with E-state index < -0.39 is 23.7 Å². The van der Waals surface area contributed by atoms with Gasteiger partial charge in [0.1, 0.15) is 24.0 Å². The van der Waals surface area contributed by atoms with Crippen LogP contribution in [0.1, 0.15) is 24.4 Å². The molecule has 27 heavy (non-hydrogen) atoms. The Morgan fingerprint density at radius 2 is 1.96 bits per heavy atom. The van der Waals surface area contributed by atoms with E-state index in [0.717, 1.165) is 6.07 Å². The number of nitriles is 1. The highest BCUT2D eigenvalue weighted by molar-refractivity contribution is 5.89. The second kappa shape index (κ2) is 7.52. The molecule has 0 unspecified atom stereocenters. The minimum Gasteiger partial charge on any atom is -0.328 e. The quantitative estimate of drug-likeness (QED) is 0.725. The minimum absolute atomic E-state index is 0.266. The molecule has 0 spiro atoms. The molecule has 0 saturated carbocycles. The maximum atomic E-state index is 13.8. The summed E-state index contributed by atoms with van der Waals surface area (Å²) in [5.74, 6) is -1.41. The molecule has 2 N–H and O–H groups in total. The summed E-state index contributed by atoms with van der Waals surface area (Å²) in [6.07, 6.45) is 4.34. The van der Waals surface area contributed by atoms with E-state index in [1.807, 2.05) is 0 Å². The van der Waals surface area contributed by atoms with Crippen LogP contribution in [0, 0.1) is 23.0 Å². The maximum Gasteiger partial charge on any atom is 0.319 e. The first-order chi connectivity index (χ1) is 13.0. The Bertz CT molecular complexity index is 1020. The molecule has 3 rings (SSSR count). The molecule has 0 saturated heterocycles. The molecular weight excluding hydrogens is 358 g/mol. The SMILES string of the molecule is C[C@H](NC(=O)Nc1cc(C#N)c(F)cc1F)c1ncnn1-c1ncccn1. The number of nitrogens with zero attached hydrogens (tertiary/aromatic N) is 6. The van der Waals surface area contributed by atoms with Gasteiger partial charge < -0.3 is 10.6 Å². The van der Waals surface area contributed by atoms with E-state index in [4.69, 9.17) is 5.26 Å². The zero-order valence-corrected chi connectivity index (χ0v) is 13.9. The lowest BCUT2D eigenvalue weighted by Crippen LogP contribution is -2.33. The smallest absolute Gasteiger partial charge is 0.319 e. The van der Waals surface area contributed by atoms with Crippen molar-refractivity contribution in [2.75, 3.05) is 5.32 Å². The summed E-state index contributed by atoms with van der Waals surface area (Å²) in [7, 11) is 0.